The van der Waals surface area contributed by atoms with Crippen LogP contribution in [-0.4, -0.2) is 62.0 Å². The van der Waals surface area contributed by atoms with Crippen molar-refractivity contribution in [3.05, 3.63) is 71.1 Å². The molecule has 174 valence electrons. The van der Waals surface area contributed by atoms with E-state index in [4.69, 9.17) is 37.4 Å². The number of pyridine rings is 1. The molecule has 0 spiro atoms. The van der Waals surface area contributed by atoms with E-state index in [1.54, 1.807) is 23.2 Å². The predicted octanol–water partition coefficient (Wildman–Crippen LogP) is 4.12. The molecular formula is C23H20Cl2N6O3. The number of methoxy groups -OCH3 is 1. The third-order valence-electron chi connectivity index (χ3n) is 5.55. The van der Waals surface area contributed by atoms with Crippen LogP contribution in [0.2, 0.25) is 10.0 Å². The maximum absolute atomic E-state index is 12.1. The van der Waals surface area contributed by atoms with Crippen LogP contribution in [-0.2, 0) is 16.1 Å². The molecule has 0 fully saturated rings. The minimum absolute atomic E-state index is 0.0513. The molecule has 1 aliphatic heterocycles. The van der Waals surface area contributed by atoms with Crippen molar-refractivity contribution >= 4 is 34.8 Å². The van der Waals surface area contributed by atoms with E-state index in [2.05, 4.69) is 15.0 Å². The fourth-order valence-electron chi connectivity index (χ4n) is 3.87. The molecule has 0 N–H and O–H groups in total. The normalized spacial score (nSPS) is 13.7. The maximum Gasteiger partial charge on any atom is 0.252 e. The van der Waals surface area contributed by atoms with E-state index in [9.17, 15) is 4.79 Å². The SMILES string of the molecule is COCC(=O)N1C=CN(Cc2c(-c3ccc(Cl)cc3Cl)nc3ccc(-c4ncon4)cn23)CC1. The van der Waals surface area contributed by atoms with Gasteiger partial charge in [-0.15, -0.1) is 0 Å². The summed E-state index contributed by atoms with van der Waals surface area (Å²) in [5.41, 5.74) is 3.99. The van der Waals surface area contributed by atoms with Crippen LogP contribution in [0.4, 0.5) is 0 Å². The summed E-state index contributed by atoms with van der Waals surface area (Å²) < 4.78 is 11.9. The predicted molar refractivity (Wildman–Crippen MR) is 127 cm³/mol. The second-order valence-corrected chi connectivity index (χ2v) is 8.56. The molecule has 0 bridgehead atoms. The third kappa shape index (κ3) is 4.37. The molecule has 0 saturated heterocycles. The fourth-order valence-corrected chi connectivity index (χ4v) is 4.37. The number of imidazole rings is 1. The van der Waals surface area contributed by atoms with Gasteiger partial charge < -0.3 is 23.5 Å². The Labute approximate surface area is 205 Å². The molecule has 11 heteroatoms. The Balaban J connectivity index is 1.56. The lowest BCUT2D eigenvalue weighted by atomic mass is 10.1. The van der Waals surface area contributed by atoms with Gasteiger partial charge in [0.05, 0.1) is 23.0 Å². The lowest BCUT2D eigenvalue weighted by molar-refractivity contribution is -0.133. The number of amides is 1. The van der Waals surface area contributed by atoms with Crippen LogP contribution in [0.15, 0.2) is 59.8 Å². The number of carbonyl (C=O) groups excluding carboxylic acids is 1. The average molecular weight is 499 g/mol. The summed E-state index contributed by atoms with van der Waals surface area (Å²) >= 11 is 12.7. The van der Waals surface area contributed by atoms with E-state index in [-0.39, 0.29) is 12.5 Å². The van der Waals surface area contributed by atoms with E-state index in [1.807, 2.05) is 35.0 Å². The van der Waals surface area contributed by atoms with Crippen molar-refractivity contribution in [1.82, 2.24) is 29.3 Å². The van der Waals surface area contributed by atoms with Gasteiger partial charge in [-0.3, -0.25) is 4.79 Å². The van der Waals surface area contributed by atoms with E-state index < -0.39 is 0 Å². The number of fused-ring (bicyclic) bond motifs is 1. The van der Waals surface area contributed by atoms with Crippen molar-refractivity contribution in [2.24, 2.45) is 0 Å². The molecule has 0 saturated carbocycles. The Bertz CT molecular complexity index is 1370. The highest BCUT2D eigenvalue weighted by Crippen LogP contribution is 2.34. The van der Waals surface area contributed by atoms with Gasteiger partial charge in [-0.1, -0.05) is 28.4 Å². The number of aromatic nitrogens is 4. The van der Waals surface area contributed by atoms with Crippen LogP contribution in [0.25, 0.3) is 28.3 Å². The molecule has 0 radical (unpaired) electrons. The summed E-state index contributed by atoms with van der Waals surface area (Å²) in [5, 5.41) is 5.01. The Kier molecular flexibility index (Phi) is 6.23. The number of hydrogen-bond acceptors (Lipinski definition) is 7. The van der Waals surface area contributed by atoms with Crippen molar-refractivity contribution in [3.63, 3.8) is 0 Å². The Morgan fingerprint density at radius 2 is 2.06 bits per heavy atom. The minimum atomic E-state index is -0.0772. The van der Waals surface area contributed by atoms with Crippen molar-refractivity contribution in [2.75, 3.05) is 26.8 Å². The summed E-state index contributed by atoms with van der Waals surface area (Å²) in [7, 11) is 1.51. The third-order valence-corrected chi connectivity index (χ3v) is 6.10. The summed E-state index contributed by atoms with van der Waals surface area (Å²) in [4.78, 5) is 24.9. The molecule has 34 heavy (non-hydrogen) atoms. The van der Waals surface area contributed by atoms with Gasteiger partial charge >= 0.3 is 0 Å². The summed E-state index contributed by atoms with van der Waals surface area (Å²) in [6.07, 6.45) is 6.89. The Morgan fingerprint density at radius 1 is 1.18 bits per heavy atom. The molecule has 9 nitrogen and oxygen atoms in total. The zero-order chi connectivity index (χ0) is 23.7. The van der Waals surface area contributed by atoms with Crippen molar-refractivity contribution in [1.29, 1.82) is 0 Å². The van der Waals surface area contributed by atoms with E-state index in [0.717, 1.165) is 28.2 Å². The topological polar surface area (TPSA) is 89.0 Å². The first-order chi connectivity index (χ1) is 16.5. The lowest BCUT2D eigenvalue weighted by Gasteiger charge is -2.30. The number of halogens is 2. The molecule has 0 aliphatic carbocycles. The van der Waals surface area contributed by atoms with Gasteiger partial charge in [0.2, 0.25) is 12.2 Å². The minimum Gasteiger partial charge on any atom is -0.375 e. The first-order valence-electron chi connectivity index (χ1n) is 10.5. The van der Waals surface area contributed by atoms with Crippen LogP contribution in [0, 0.1) is 0 Å². The zero-order valence-electron chi connectivity index (χ0n) is 18.2. The maximum atomic E-state index is 12.1. The van der Waals surface area contributed by atoms with Crippen LogP contribution < -0.4 is 0 Å². The highest BCUT2D eigenvalue weighted by Gasteiger charge is 2.22. The van der Waals surface area contributed by atoms with Gasteiger partial charge in [-0.25, -0.2) is 4.98 Å². The van der Waals surface area contributed by atoms with Gasteiger partial charge in [0.25, 0.3) is 5.91 Å². The first kappa shape index (κ1) is 22.4. The highest BCUT2D eigenvalue weighted by atomic mass is 35.5. The molecule has 3 aromatic heterocycles. The first-order valence-corrected chi connectivity index (χ1v) is 11.2. The van der Waals surface area contributed by atoms with Crippen LogP contribution in [0.5, 0.6) is 0 Å². The smallest absolute Gasteiger partial charge is 0.252 e. The monoisotopic (exact) mass is 498 g/mol. The van der Waals surface area contributed by atoms with Crippen LogP contribution >= 0.6 is 23.2 Å². The van der Waals surface area contributed by atoms with Gasteiger partial charge in [0.1, 0.15) is 12.3 Å². The van der Waals surface area contributed by atoms with E-state index >= 15 is 0 Å². The average Bonchev–Trinajstić information content (AvgIpc) is 3.48. The van der Waals surface area contributed by atoms with E-state index in [0.29, 0.717) is 35.5 Å². The number of rotatable bonds is 6. The molecule has 5 rings (SSSR count). The fraction of sp³-hybridized carbons (Fsp3) is 0.217. The zero-order valence-corrected chi connectivity index (χ0v) is 19.7. The molecular weight excluding hydrogens is 479 g/mol. The second-order valence-electron chi connectivity index (χ2n) is 7.72. The van der Waals surface area contributed by atoms with Crippen molar-refractivity contribution in [2.45, 2.75) is 6.54 Å². The van der Waals surface area contributed by atoms with E-state index in [1.165, 1.54) is 13.5 Å². The quantitative estimate of drug-likeness (QED) is 0.394. The number of benzene rings is 1. The molecule has 0 atom stereocenters. The lowest BCUT2D eigenvalue weighted by Crippen LogP contribution is -2.39. The Morgan fingerprint density at radius 3 is 2.76 bits per heavy atom. The summed E-state index contributed by atoms with van der Waals surface area (Å²) in [6.45, 7) is 1.79. The summed E-state index contributed by atoms with van der Waals surface area (Å²) in [6, 6.07) is 9.16. The second kappa shape index (κ2) is 9.46. The molecule has 0 unspecified atom stereocenters. The van der Waals surface area contributed by atoms with Crippen molar-refractivity contribution < 1.29 is 14.1 Å². The van der Waals surface area contributed by atoms with Gasteiger partial charge in [-0.05, 0) is 30.3 Å². The number of carbonyl (C=O) groups is 1. The van der Waals surface area contributed by atoms with Crippen LogP contribution in [0.3, 0.4) is 0 Å². The largest absolute Gasteiger partial charge is 0.375 e. The Hall–Kier alpha value is -3.40. The molecule has 4 heterocycles. The molecule has 1 amide bonds. The standard InChI is InChI=1S/C23H20Cl2N6O3/c1-33-13-21(32)30-8-6-29(7-9-30)12-19-22(17-4-3-16(24)10-18(17)25)27-20-5-2-15(11-31(19)20)23-26-14-34-28-23/h2-6,8,10-11,14H,7,9,12-13H2,1H3. The molecule has 1 aromatic carbocycles. The van der Waals surface area contributed by atoms with Crippen LogP contribution in [0.1, 0.15) is 5.69 Å². The van der Waals surface area contributed by atoms with Gasteiger partial charge in [0.15, 0.2) is 0 Å². The number of ether oxygens (including phenoxy) is 1. The number of hydrogen-bond donors (Lipinski definition) is 0. The van der Waals surface area contributed by atoms with Gasteiger partial charge in [-0.2, -0.15) is 4.98 Å². The summed E-state index contributed by atoms with van der Waals surface area (Å²) in [5.74, 6) is 0.407. The molecule has 4 aromatic rings. The van der Waals surface area contributed by atoms with Crippen molar-refractivity contribution in [3.8, 4) is 22.6 Å². The highest BCUT2D eigenvalue weighted by molar-refractivity contribution is 6.36. The molecule has 1 aliphatic rings. The number of nitrogens with zero attached hydrogens (tertiary/aromatic N) is 6. The van der Waals surface area contributed by atoms with Gasteiger partial charge in [0, 0.05) is 54.9 Å².